The molecule has 1 amide bonds. The number of nitrogens with zero attached hydrogens (tertiary/aromatic N) is 2. The molecule has 7 nitrogen and oxygen atoms in total. The number of nitrogens with one attached hydrogen (secondary N) is 1. The number of aromatic nitrogens is 2. The van der Waals surface area contributed by atoms with Crippen LogP contribution in [0.1, 0.15) is 13.0 Å². The molecule has 0 fully saturated rings. The van der Waals surface area contributed by atoms with Crippen molar-refractivity contribution >= 4 is 15.9 Å². The predicted octanol–water partition coefficient (Wildman–Crippen LogP) is -1.15. The monoisotopic (exact) mass is 246 g/mol. The summed E-state index contributed by atoms with van der Waals surface area (Å²) < 4.78 is 22.7. The number of hydrogen-bond acceptors (Lipinski definition) is 4. The predicted molar refractivity (Wildman–Crippen MR) is 57.9 cm³/mol. The number of primary sulfonamides is 1. The van der Waals surface area contributed by atoms with E-state index in [1.54, 1.807) is 25.4 Å². The van der Waals surface area contributed by atoms with Crippen molar-refractivity contribution < 1.29 is 13.2 Å². The highest BCUT2D eigenvalue weighted by atomic mass is 32.2. The Bertz CT molecular complexity index is 440. The number of carbonyl (C=O) groups excluding carboxylic acids is 1. The lowest BCUT2D eigenvalue weighted by Crippen LogP contribution is -2.35. The Morgan fingerprint density at radius 1 is 1.62 bits per heavy atom. The summed E-state index contributed by atoms with van der Waals surface area (Å²) in [6.07, 6.45) is 3.22. The van der Waals surface area contributed by atoms with Crippen LogP contribution in [-0.4, -0.2) is 36.4 Å². The summed E-state index contributed by atoms with van der Waals surface area (Å²) in [4.78, 5) is 11.5. The number of sulfonamides is 1. The smallest absolute Gasteiger partial charge is 0.244 e. The first-order valence-corrected chi connectivity index (χ1v) is 6.39. The number of carbonyl (C=O) groups is 1. The van der Waals surface area contributed by atoms with Gasteiger partial charge in [0.2, 0.25) is 15.9 Å². The molecule has 1 heterocycles. The standard InChI is InChI=1S/C8H14N4O3S/c1-7(12-5-2-3-11-12)8(13)10-4-6-16(9,14)15/h2-3,5,7H,4,6H2,1H3,(H,10,13)(H2,9,14,15). The molecule has 0 spiro atoms. The summed E-state index contributed by atoms with van der Waals surface area (Å²) in [6, 6.07) is 1.23. The van der Waals surface area contributed by atoms with Crippen LogP contribution in [0.2, 0.25) is 0 Å². The first-order chi connectivity index (χ1) is 7.40. The van der Waals surface area contributed by atoms with Crippen LogP contribution < -0.4 is 10.5 Å². The Labute approximate surface area is 93.7 Å². The molecule has 1 atom stereocenters. The molecule has 0 saturated heterocycles. The molecule has 1 rings (SSSR count). The van der Waals surface area contributed by atoms with Crippen LogP contribution in [0, 0.1) is 0 Å². The maximum Gasteiger partial charge on any atom is 0.244 e. The molecule has 16 heavy (non-hydrogen) atoms. The molecular formula is C8H14N4O3S. The molecule has 0 radical (unpaired) electrons. The van der Waals surface area contributed by atoms with Crippen LogP contribution in [0.5, 0.6) is 0 Å². The number of amides is 1. The molecule has 3 N–H and O–H groups in total. The second-order valence-corrected chi connectivity index (χ2v) is 5.05. The highest BCUT2D eigenvalue weighted by Crippen LogP contribution is 2.02. The normalized spacial score (nSPS) is 13.4. The fraction of sp³-hybridized carbons (Fsp3) is 0.500. The molecule has 0 aliphatic carbocycles. The van der Waals surface area contributed by atoms with Gasteiger partial charge >= 0.3 is 0 Å². The third-order valence-electron chi connectivity index (χ3n) is 1.99. The summed E-state index contributed by atoms with van der Waals surface area (Å²) in [5.74, 6) is -0.572. The minimum Gasteiger partial charge on any atom is -0.353 e. The second kappa shape index (κ2) is 5.08. The van der Waals surface area contributed by atoms with Gasteiger partial charge in [0, 0.05) is 18.9 Å². The van der Waals surface area contributed by atoms with Crippen LogP contribution in [0.25, 0.3) is 0 Å². The van der Waals surface area contributed by atoms with E-state index in [0.717, 1.165) is 0 Å². The topological polar surface area (TPSA) is 107 Å². The maximum atomic E-state index is 11.5. The van der Waals surface area contributed by atoms with Crippen molar-refractivity contribution in [1.82, 2.24) is 15.1 Å². The second-order valence-electron chi connectivity index (χ2n) is 3.32. The van der Waals surface area contributed by atoms with Gasteiger partial charge in [-0.15, -0.1) is 0 Å². The Morgan fingerprint density at radius 2 is 2.31 bits per heavy atom. The zero-order valence-electron chi connectivity index (χ0n) is 8.83. The van der Waals surface area contributed by atoms with Gasteiger partial charge in [0.15, 0.2) is 0 Å². The van der Waals surface area contributed by atoms with Gasteiger partial charge < -0.3 is 5.32 Å². The van der Waals surface area contributed by atoms with Crippen molar-refractivity contribution in [3.8, 4) is 0 Å². The van der Waals surface area contributed by atoms with E-state index in [1.807, 2.05) is 0 Å². The van der Waals surface area contributed by atoms with Gasteiger partial charge in [0.05, 0.1) is 5.75 Å². The summed E-state index contributed by atoms with van der Waals surface area (Å²) in [6.45, 7) is 1.67. The number of rotatable bonds is 5. The lowest BCUT2D eigenvalue weighted by molar-refractivity contribution is -0.124. The van der Waals surface area contributed by atoms with E-state index in [0.29, 0.717) is 0 Å². The highest BCUT2D eigenvalue weighted by molar-refractivity contribution is 7.89. The summed E-state index contributed by atoms with van der Waals surface area (Å²) in [5, 5.41) is 11.2. The minimum atomic E-state index is -3.54. The van der Waals surface area contributed by atoms with E-state index in [9.17, 15) is 13.2 Å². The van der Waals surface area contributed by atoms with E-state index in [-0.39, 0.29) is 18.2 Å². The summed E-state index contributed by atoms with van der Waals surface area (Å²) in [7, 11) is -3.54. The fourth-order valence-corrected chi connectivity index (χ4v) is 1.48. The Kier molecular flexibility index (Phi) is 4.02. The molecule has 1 aromatic heterocycles. The Morgan fingerprint density at radius 3 is 2.81 bits per heavy atom. The lowest BCUT2D eigenvalue weighted by atomic mass is 10.3. The molecule has 0 aliphatic rings. The van der Waals surface area contributed by atoms with Crippen LogP contribution in [-0.2, 0) is 14.8 Å². The largest absolute Gasteiger partial charge is 0.353 e. The summed E-state index contributed by atoms with van der Waals surface area (Å²) >= 11 is 0. The SMILES string of the molecule is CC(C(=O)NCCS(N)(=O)=O)n1cccn1. The van der Waals surface area contributed by atoms with Crippen molar-refractivity contribution in [3.63, 3.8) is 0 Å². The van der Waals surface area contributed by atoms with Crippen LogP contribution in [0.15, 0.2) is 18.5 Å². The van der Waals surface area contributed by atoms with E-state index in [2.05, 4.69) is 10.4 Å². The van der Waals surface area contributed by atoms with E-state index >= 15 is 0 Å². The van der Waals surface area contributed by atoms with Crippen molar-refractivity contribution in [2.24, 2.45) is 5.14 Å². The molecule has 1 aromatic rings. The van der Waals surface area contributed by atoms with Crippen molar-refractivity contribution in [2.75, 3.05) is 12.3 Å². The molecular weight excluding hydrogens is 232 g/mol. The van der Waals surface area contributed by atoms with Gasteiger partial charge in [-0.3, -0.25) is 9.48 Å². The zero-order valence-corrected chi connectivity index (χ0v) is 9.64. The van der Waals surface area contributed by atoms with E-state index in [4.69, 9.17) is 5.14 Å². The molecule has 0 aromatic carbocycles. The van der Waals surface area contributed by atoms with E-state index < -0.39 is 16.1 Å². The number of nitrogens with two attached hydrogens (primary N) is 1. The zero-order chi connectivity index (χ0) is 12.2. The Hall–Kier alpha value is -1.41. The van der Waals surface area contributed by atoms with Crippen LogP contribution >= 0.6 is 0 Å². The molecule has 8 heteroatoms. The first kappa shape index (κ1) is 12.7. The molecule has 1 unspecified atom stereocenters. The highest BCUT2D eigenvalue weighted by Gasteiger charge is 2.14. The Balaban J connectivity index is 2.42. The first-order valence-electron chi connectivity index (χ1n) is 4.67. The van der Waals surface area contributed by atoms with Crippen molar-refractivity contribution in [3.05, 3.63) is 18.5 Å². The van der Waals surface area contributed by atoms with E-state index in [1.165, 1.54) is 4.68 Å². The third-order valence-corrected chi connectivity index (χ3v) is 2.76. The fourth-order valence-electron chi connectivity index (χ4n) is 1.09. The molecule has 0 aliphatic heterocycles. The van der Waals surface area contributed by atoms with Crippen molar-refractivity contribution in [2.45, 2.75) is 13.0 Å². The van der Waals surface area contributed by atoms with Crippen molar-refractivity contribution in [1.29, 1.82) is 0 Å². The average Bonchev–Trinajstić information content (AvgIpc) is 2.67. The van der Waals surface area contributed by atoms with Gasteiger partial charge in [-0.05, 0) is 13.0 Å². The molecule has 0 bridgehead atoms. The van der Waals surface area contributed by atoms with Crippen LogP contribution in [0.4, 0.5) is 0 Å². The molecule has 0 saturated carbocycles. The summed E-state index contributed by atoms with van der Waals surface area (Å²) in [5.41, 5.74) is 0. The lowest BCUT2D eigenvalue weighted by Gasteiger charge is -2.11. The van der Waals surface area contributed by atoms with Gasteiger partial charge in [0.25, 0.3) is 0 Å². The van der Waals surface area contributed by atoms with Gasteiger partial charge in [-0.1, -0.05) is 0 Å². The third kappa shape index (κ3) is 3.99. The maximum absolute atomic E-state index is 11.5. The van der Waals surface area contributed by atoms with Gasteiger partial charge in [-0.25, -0.2) is 13.6 Å². The number of hydrogen-bond donors (Lipinski definition) is 2. The minimum absolute atomic E-state index is 0.00325. The molecule has 90 valence electrons. The quantitative estimate of drug-likeness (QED) is 0.684. The van der Waals surface area contributed by atoms with Gasteiger partial charge in [-0.2, -0.15) is 5.10 Å². The van der Waals surface area contributed by atoms with Crippen LogP contribution in [0.3, 0.4) is 0 Å². The van der Waals surface area contributed by atoms with Gasteiger partial charge in [0.1, 0.15) is 6.04 Å². The average molecular weight is 246 g/mol.